The predicted molar refractivity (Wildman–Crippen MR) is 85.5 cm³/mol. The van der Waals surface area contributed by atoms with Crippen LogP contribution in [0.15, 0.2) is 42.5 Å². The Kier molecular flexibility index (Phi) is 5.99. The molecule has 0 aliphatic rings. The quantitative estimate of drug-likeness (QED) is 0.564. The average Bonchev–Trinajstić information content (AvgIpc) is 2.65. The molecule has 0 radical (unpaired) electrons. The summed E-state index contributed by atoms with van der Waals surface area (Å²) in [7, 11) is 0. The molecule has 0 spiro atoms. The fraction of sp³-hybridized carbons (Fsp3) is 0.222. The summed E-state index contributed by atoms with van der Waals surface area (Å²) in [5.41, 5.74) is -12.1. The molecule has 0 aliphatic heterocycles. The fourth-order valence-electron chi connectivity index (χ4n) is 2.51. The Bertz CT molecular complexity index is 1020. The second-order valence-corrected chi connectivity index (χ2v) is 6.06. The Morgan fingerprint density at radius 1 is 0.839 bits per heavy atom. The number of alkyl halides is 10. The Balaban J connectivity index is 2.59. The van der Waals surface area contributed by atoms with E-state index in [1.165, 1.54) is 12.1 Å². The van der Waals surface area contributed by atoms with Crippen LogP contribution in [0, 0.1) is 11.3 Å². The van der Waals surface area contributed by atoms with E-state index in [4.69, 9.17) is 5.26 Å². The molecule has 166 valence electrons. The highest BCUT2D eigenvalue weighted by molar-refractivity contribution is 6.04. The summed E-state index contributed by atoms with van der Waals surface area (Å²) in [6.45, 7) is 0. The van der Waals surface area contributed by atoms with Crippen LogP contribution >= 0.6 is 0 Å². The number of carbonyl (C=O) groups is 1. The molecule has 0 aliphatic carbocycles. The first kappa shape index (κ1) is 24.0. The van der Waals surface area contributed by atoms with E-state index in [9.17, 15) is 48.7 Å². The maximum Gasteiger partial charge on any atom is 0.435 e. The molecule has 0 heterocycles. The van der Waals surface area contributed by atoms with Gasteiger partial charge in [-0.3, -0.25) is 4.79 Å². The monoisotopic (exact) mass is 458 g/mol. The van der Waals surface area contributed by atoms with Crippen LogP contribution in [0.4, 0.5) is 49.6 Å². The summed E-state index contributed by atoms with van der Waals surface area (Å²) in [5.74, 6) is -1.24. The second kappa shape index (κ2) is 7.75. The van der Waals surface area contributed by atoms with Gasteiger partial charge in [-0.05, 0) is 30.3 Å². The van der Waals surface area contributed by atoms with E-state index in [1.807, 2.05) is 0 Å². The lowest BCUT2D eigenvalue weighted by atomic mass is 9.92. The topological polar surface area (TPSA) is 52.9 Å². The normalized spacial score (nSPS) is 12.9. The van der Waals surface area contributed by atoms with Crippen molar-refractivity contribution in [2.45, 2.75) is 24.2 Å². The summed E-state index contributed by atoms with van der Waals surface area (Å²) < 4.78 is 131. The zero-order chi connectivity index (χ0) is 23.8. The summed E-state index contributed by atoms with van der Waals surface area (Å²) in [4.78, 5) is 12.1. The van der Waals surface area contributed by atoms with Crippen molar-refractivity contribution >= 4 is 11.6 Å². The van der Waals surface area contributed by atoms with Gasteiger partial charge in [-0.25, -0.2) is 4.39 Å². The van der Waals surface area contributed by atoms with E-state index in [0.29, 0.717) is 0 Å². The lowest BCUT2D eigenvalue weighted by Crippen LogP contribution is -2.50. The van der Waals surface area contributed by atoms with Crippen molar-refractivity contribution < 1.29 is 48.7 Å². The van der Waals surface area contributed by atoms with Gasteiger partial charge in [0.1, 0.15) is 0 Å². The number of nitrogens with one attached hydrogen (secondary N) is 1. The van der Waals surface area contributed by atoms with E-state index >= 15 is 0 Å². The number of carbonyl (C=O) groups excluding carboxylic acids is 1. The van der Waals surface area contributed by atoms with Gasteiger partial charge in [-0.1, -0.05) is 12.1 Å². The minimum Gasteiger partial charge on any atom is -0.321 e. The standard InChI is InChI=1S/C18H8F10N2O/c19-15(17(23,24)25,18(26,27)28)11-4-5-13(12(7-11)16(20,21)22)30-14(31)10-3-1-2-9(6-10)8-29/h1-7H,(H,30,31). The van der Waals surface area contributed by atoms with Crippen molar-refractivity contribution in [3.63, 3.8) is 0 Å². The van der Waals surface area contributed by atoms with Crippen LogP contribution in [0.3, 0.4) is 0 Å². The SMILES string of the molecule is N#Cc1cccc(C(=O)Nc2ccc(C(F)(C(F)(F)F)C(F)(F)F)cc2C(F)(F)F)c1. The van der Waals surface area contributed by atoms with Crippen molar-refractivity contribution in [2.75, 3.05) is 5.32 Å². The minimum absolute atomic E-state index is 0.0448. The third kappa shape index (κ3) is 4.57. The highest BCUT2D eigenvalue weighted by Crippen LogP contribution is 2.54. The molecule has 0 fully saturated rings. The van der Waals surface area contributed by atoms with Gasteiger partial charge in [0.05, 0.1) is 22.9 Å². The maximum atomic E-state index is 14.1. The number of anilines is 1. The van der Waals surface area contributed by atoms with E-state index in [0.717, 1.165) is 12.1 Å². The number of rotatable bonds is 3. The molecule has 2 aromatic rings. The zero-order valence-electron chi connectivity index (χ0n) is 14.7. The molecule has 2 rings (SSSR count). The van der Waals surface area contributed by atoms with Crippen LogP contribution in [0.2, 0.25) is 0 Å². The van der Waals surface area contributed by atoms with E-state index in [1.54, 1.807) is 11.4 Å². The number of hydrogen-bond acceptors (Lipinski definition) is 2. The van der Waals surface area contributed by atoms with Crippen LogP contribution < -0.4 is 5.32 Å². The van der Waals surface area contributed by atoms with Gasteiger partial charge in [0.15, 0.2) is 0 Å². The smallest absolute Gasteiger partial charge is 0.321 e. The summed E-state index contributed by atoms with van der Waals surface area (Å²) in [6, 6.07) is 5.48. The van der Waals surface area contributed by atoms with Crippen LogP contribution in [-0.4, -0.2) is 18.3 Å². The van der Waals surface area contributed by atoms with Gasteiger partial charge < -0.3 is 5.32 Å². The van der Waals surface area contributed by atoms with Crippen LogP contribution in [0.25, 0.3) is 0 Å². The molecule has 0 saturated heterocycles. The van der Waals surface area contributed by atoms with Crippen molar-refractivity contribution in [3.05, 3.63) is 64.7 Å². The summed E-state index contributed by atoms with van der Waals surface area (Å²) in [6.07, 6.45) is -18.8. The van der Waals surface area contributed by atoms with E-state index < -0.39 is 53.0 Å². The third-order valence-electron chi connectivity index (χ3n) is 4.01. The Morgan fingerprint density at radius 2 is 1.42 bits per heavy atom. The second-order valence-electron chi connectivity index (χ2n) is 6.06. The molecule has 0 saturated carbocycles. The molecule has 0 aromatic heterocycles. The molecule has 1 amide bonds. The number of amides is 1. The van der Waals surface area contributed by atoms with Gasteiger partial charge in [0.2, 0.25) is 0 Å². The van der Waals surface area contributed by atoms with Gasteiger partial charge >= 0.3 is 24.2 Å². The molecule has 2 aromatic carbocycles. The molecular formula is C18H8F10N2O. The average molecular weight is 458 g/mol. The third-order valence-corrected chi connectivity index (χ3v) is 4.01. The molecule has 31 heavy (non-hydrogen) atoms. The van der Waals surface area contributed by atoms with Crippen molar-refractivity contribution in [3.8, 4) is 6.07 Å². The number of halogens is 10. The van der Waals surface area contributed by atoms with Crippen LogP contribution in [0.5, 0.6) is 0 Å². The van der Waals surface area contributed by atoms with E-state index in [2.05, 4.69) is 0 Å². The first-order chi connectivity index (χ1) is 14.0. The van der Waals surface area contributed by atoms with Crippen molar-refractivity contribution in [1.82, 2.24) is 0 Å². The van der Waals surface area contributed by atoms with Gasteiger partial charge in [0.25, 0.3) is 5.91 Å². The zero-order valence-corrected chi connectivity index (χ0v) is 14.7. The summed E-state index contributed by atoms with van der Waals surface area (Å²) >= 11 is 0. The largest absolute Gasteiger partial charge is 0.435 e. The number of nitriles is 1. The Morgan fingerprint density at radius 3 is 1.90 bits per heavy atom. The fourth-order valence-corrected chi connectivity index (χ4v) is 2.51. The minimum atomic E-state index is -6.61. The lowest BCUT2D eigenvalue weighted by molar-refractivity contribution is -0.348. The first-order valence-electron chi connectivity index (χ1n) is 7.88. The predicted octanol–water partition coefficient (Wildman–Crippen LogP) is 6.12. The van der Waals surface area contributed by atoms with Crippen molar-refractivity contribution in [2.24, 2.45) is 0 Å². The molecule has 13 heteroatoms. The molecule has 0 unspecified atom stereocenters. The van der Waals surface area contributed by atoms with Gasteiger partial charge in [-0.15, -0.1) is 0 Å². The summed E-state index contributed by atoms with van der Waals surface area (Å²) in [5, 5.41) is 10.5. The van der Waals surface area contributed by atoms with Gasteiger partial charge in [0, 0.05) is 11.1 Å². The molecule has 0 atom stereocenters. The number of hydrogen-bond donors (Lipinski definition) is 1. The molecule has 3 nitrogen and oxygen atoms in total. The van der Waals surface area contributed by atoms with E-state index in [-0.39, 0.29) is 23.3 Å². The maximum absolute atomic E-state index is 14.1. The van der Waals surface area contributed by atoms with Gasteiger partial charge in [-0.2, -0.15) is 44.8 Å². The number of benzene rings is 2. The molecule has 0 bridgehead atoms. The number of nitrogens with zero attached hydrogens (tertiary/aromatic N) is 1. The highest BCUT2D eigenvalue weighted by Gasteiger charge is 2.73. The highest BCUT2D eigenvalue weighted by atomic mass is 19.4. The molecular weight excluding hydrogens is 450 g/mol. The Labute approximate surface area is 166 Å². The Hall–Kier alpha value is -3.30. The molecule has 1 N–H and O–H groups in total. The van der Waals surface area contributed by atoms with Crippen LogP contribution in [0.1, 0.15) is 27.0 Å². The van der Waals surface area contributed by atoms with Crippen LogP contribution in [-0.2, 0) is 11.8 Å². The lowest BCUT2D eigenvalue weighted by Gasteiger charge is -2.31. The first-order valence-corrected chi connectivity index (χ1v) is 7.88. The van der Waals surface area contributed by atoms with Crippen molar-refractivity contribution in [1.29, 1.82) is 5.26 Å².